The Morgan fingerprint density at radius 2 is 2.06 bits per heavy atom. The van der Waals surface area contributed by atoms with E-state index in [0.717, 1.165) is 17.1 Å². The zero-order valence-electron chi connectivity index (χ0n) is 10.7. The number of rotatable bonds is 3. The third kappa shape index (κ3) is 2.46. The van der Waals surface area contributed by atoms with Gasteiger partial charge in [0.2, 0.25) is 0 Å². The fourth-order valence-corrected chi connectivity index (χ4v) is 2.34. The molecule has 90 valence electrons. The number of pyridine rings is 1. The molecule has 0 aliphatic rings. The summed E-state index contributed by atoms with van der Waals surface area (Å²) < 4.78 is 0. The summed E-state index contributed by atoms with van der Waals surface area (Å²) in [7, 11) is 0. The quantitative estimate of drug-likeness (QED) is 0.852. The average molecular weight is 230 g/mol. The minimum atomic E-state index is 0.223. The van der Waals surface area contributed by atoms with E-state index in [2.05, 4.69) is 47.3 Å². The minimum absolute atomic E-state index is 0.223. The van der Waals surface area contributed by atoms with Gasteiger partial charge in [-0.2, -0.15) is 5.10 Å². The predicted molar refractivity (Wildman–Crippen MR) is 69.1 cm³/mol. The van der Waals surface area contributed by atoms with Crippen molar-refractivity contribution in [2.45, 2.75) is 33.7 Å². The topological polar surface area (TPSA) is 53.6 Å². The highest BCUT2D eigenvalue weighted by molar-refractivity contribution is 5.44. The SMILES string of the molecule is Cc1cc(C)c(C(C)Nc2cn[nH]c2)c(C)n1. The van der Waals surface area contributed by atoms with Crippen molar-refractivity contribution >= 4 is 5.69 Å². The Balaban J connectivity index is 2.27. The summed E-state index contributed by atoms with van der Waals surface area (Å²) in [4.78, 5) is 4.52. The van der Waals surface area contributed by atoms with Gasteiger partial charge in [-0.1, -0.05) is 0 Å². The number of anilines is 1. The molecule has 0 radical (unpaired) electrons. The van der Waals surface area contributed by atoms with Gasteiger partial charge in [0.15, 0.2) is 0 Å². The molecule has 2 aromatic heterocycles. The van der Waals surface area contributed by atoms with Gasteiger partial charge in [-0.25, -0.2) is 0 Å². The maximum Gasteiger partial charge on any atom is 0.0728 e. The molecule has 0 spiro atoms. The van der Waals surface area contributed by atoms with Crippen LogP contribution < -0.4 is 5.32 Å². The normalized spacial score (nSPS) is 12.5. The fraction of sp³-hybridized carbons (Fsp3) is 0.385. The second-order valence-electron chi connectivity index (χ2n) is 4.43. The smallest absolute Gasteiger partial charge is 0.0728 e. The Hall–Kier alpha value is -1.84. The molecule has 4 nitrogen and oxygen atoms in total. The molecule has 1 unspecified atom stereocenters. The van der Waals surface area contributed by atoms with Gasteiger partial charge in [0.05, 0.1) is 17.9 Å². The Morgan fingerprint density at radius 1 is 1.29 bits per heavy atom. The van der Waals surface area contributed by atoms with E-state index >= 15 is 0 Å². The Morgan fingerprint density at radius 3 is 2.65 bits per heavy atom. The molecule has 0 fully saturated rings. The van der Waals surface area contributed by atoms with Crippen LogP contribution >= 0.6 is 0 Å². The van der Waals surface area contributed by atoms with E-state index in [0.29, 0.717) is 0 Å². The molecule has 0 aliphatic carbocycles. The Labute approximate surface area is 101 Å². The van der Waals surface area contributed by atoms with Gasteiger partial charge in [-0.3, -0.25) is 10.1 Å². The number of hydrogen-bond donors (Lipinski definition) is 2. The molecule has 2 aromatic rings. The molecule has 0 saturated carbocycles. The van der Waals surface area contributed by atoms with Crippen molar-refractivity contribution < 1.29 is 0 Å². The Bertz CT molecular complexity index is 479. The third-order valence-electron chi connectivity index (χ3n) is 2.90. The number of nitrogens with one attached hydrogen (secondary N) is 2. The fourth-order valence-electron chi connectivity index (χ4n) is 2.34. The van der Waals surface area contributed by atoms with Crippen molar-refractivity contribution in [3.05, 3.63) is 41.0 Å². The van der Waals surface area contributed by atoms with Gasteiger partial charge >= 0.3 is 0 Å². The summed E-state index contributed by atoms with van der Waals surface area (Å²) in [6.07, 6.45) is 3.63. The van der Waals surface area contributed by atoms with Crippen LogP contribution in [0.3, 0.4) is 0 Å². The lowest BCUT2D eigenvalue weighted by molar-refractivity contribution is 0.843. The zero-order valence-corrected chi connectivity index (χ0v) is 10.7. The summed E-state index contributed by atoms with van der Waals surface area (Å²) in [5.41, 5.74) is 5.69. The largest absolute Gasteiger partial charge is 0.376 e. The van der Waals surface area contributed by atoms with Crippen molar-refractivity contribution in [1.82, 2.24) is 15.2 Å². The molecule has 0 aliphatic heterocycles. The maximum atomic E-state index is 4.52. The van der Waals surface area contributed by atoms with Crippen molar-refractivity contribution in [1.29, 1.82) is 0 Å². The van der Waals surface area contributed by atoms with Crippen molar-refractivity contribution in [2.24, 2.45) is 0 Å². The van der Waals surface area contributed by atoms with Crippen LogP contribution in [0.2, 0.25) is 0 Å². The van der Waals surface area contributed by atoms with Gasteiger partial charge in [0.25, 0.3) is 0 Å². The summed E-state index contributed by atoms with van der Waals surface area (Å²) in [6, 6.07) is 2.34. The van der Waals surface area contributed by atoms with Gasteiger partial charge in [0, 0.05) is 17.6 Å². The first-order valence-electron chi connectivity index (χ1n) is 5.78. The van der Waals surface area contributed by atoms with E-state index in [-0.39, 0.29) is 6.04 Å². The standard InChI is InChI=1S/C13H18N4/c1-8-5-9(2)16-10(3)13(8)11(4)17-12-6-14-15-7-12/h5-7,11,17H,1-4H3,(H,14,15). The first-order chi connectivity index (χ1) is 8.08. The van der Waals surface area contributed by atoms with Gasteiger partial charge in [0.1, 0.15) is 0 Å². The molecule has 4 heteroatoms. The van der Waals surface area contributed by atoms with Crippen LogP contribution in [-0.4, -0.2) is 15.2 Å². The molecule has 0 bridgehead atoms. The maximum absolute atomic E-state index is 4.52. The molecule has 2 rings (SSSR count). The summed E-state index contributed by atoms with van der Waals surface area (Å²) in [5, 5.41) is 10.1. The van der Waals surface area contributed by atoms with Crippen LogP contribution in [0.25, 0.3) is 0 Å². The lowest BCUT2D eigenvalue weighted by Gasteiger charge is -2.19. The Kier molecular flexibility index (Phi) is 3.13. The highest BCUT2D eigenvalue weighted by Crippen LogP contribution is 2.24. The number of nitrogens with zero attached hydrogens (tertiary/aromatic N) is 2. The molecule has 0 amide bonds. The molecule has 2 heterocycles. The van der Waals surface area contributed by atoms with Crippen LogP contribution in [0, 0.1) is 20.8 Å². The summed E-state index contributed by atoms with van der Waals surface area (Å²) in [6.45, 7) is 8.35. The minimum Gasteiger partial charge on any atom is -0.376 e. The highest BCUT2D eigenvalue weighted by atomic mass is 15.1. The van der Waals surface area contributed by atoms with Crippen LogP contribution in [0.1, 0.15) is 35.5 Å². The highest BCUT2D eigenvalue weighted by Gasteiger charge is 2.13. The monoisotopic (exact) mass is 230 g/mol. The summed E-state index contributed by atoms with van der Waals surface area (Å²) >= 11 is 0. The van der Waals surface area contributed by atoms with E-state index in [9.17, 15) is 0 Å². The van der Waals surface area contributed by atoms with Crippen LogP contribution in [0.15, 0.2) is 18.5 Å². The van der Waals surface area contributed by atoms with Crippen molar-refractivity contribution in [3.63, 3.8) is 0 Å². The van der Waals surface area contributed by atoms with E-state index in [1.54, 1.807) is 6.20 Å². The van der Waals surface area contributed by atoms with Crippen LogP contribution in [0.4, 0.5) is 5.69 Å². The van der Waals surface area contributed by atoms with E-state index in [1.165, 1.54) is 11.1 Å². The van der Waals surface area contributed by atoms with Gasteiger partial charge < -0.3 is 5.32 Å². The van der Waals surface area contributed by atoms with Gasteiger partial charge in [-0.05, 0) is 44.9 Å². The molecular weight excluding hydrogens is 212 g/mol. The molecule has 0 saturated heterocycles. The summed E-state index contributed by atoms with van der Waals surface area (Å²) in [5.74, 6) is 0. The van der Waals surface area contributed by atoms with Crippen LogP contribution in [0.5, 0.6) is 0 Å². The third-order valence-corrected chi connectivity index (χ3v) is 2.90. The van der Waals surface area contributed by atoms with Crippen LogP contribution in [-0.2, 0) is 0 Å². The molecule has 17 heavy (non-hydrogen) atoms. The average Bonchev–Trinajstić information content (AvgIpc) is 2.68. The number of aryl methyl sites for hydroxylation is 3. The number of aromatic nitrogens is 3. The molecule has 1 atom stereocenters. The first kappa shape index (κ1) is 11.6. The molecule has 2 N–H and O–H groups in total. The van der Waals surface area contributed by atoms with Crippen molar-refractivity contribution in [3.8, 4) is 0 Å². The second-order valence-corrected chi connectivity index (χ2v) is 4.43. The predicted octanol–water partition coefficient (Wildman–Crippen LogP) is 2.90. The van der Waals surface area contributed by atoms with Crippen molar-refractivity contribution in [2.75, 3.05) is 5.32 Å². The number of aromatic amines is 1. The lowest BCUT2D eigenvalue weighted by atomic mass is 10.0. The molecular formula is C13H18N4. The van der Waals surface area contributed by atoms with E-state index in [1.807, 2.05) is 13.1 Å². The molecule has 0 aromatic carbocycles. The number of H-pyrrole nitrogens is 1. The second kappa shape index (κ2) is 4.57. The zero-order chi connectivity index (χ0) is 12.4. The lowest BCUT2D eigenvalue weighted by Crippen LogP contribution is -2.11. The van der Waals surface area contributed by atoms with Gasteiger partial charge in [-0.15, -0.1) is 0 Å². The van der Waals surface area contributed by atoms with E-state index in [4.69, 9.17) is 0 Å². The van der Waals surface area contributed by atoms with E-state index < -0.39 is 0 Å². The first-order valence-corrected chi connectivity index (χ1v) is 5.78. The number of hydrogen-bond acceptors (Lipinski definition) is 3.